The third kappa shape index (κ3) is 2.28. The maximum atomic E-state index is 5.46. The lowest BCUT2D eigenvalue weighted by Crippen LogP contribution is -1.99. The van der Waals surface area contributed by atoms with E-state index in [9.17, 15) is 0 Å². The summed E-state index contributed by atoms with van der Waals surface area (Å²) < 4.78 is 13.2. The maximum absolute atomic E-state index is 5.46. The number of para-hydroxylation sites is 1. The summed E-state index contributed by atoms with van der Waals surface area (Å²) in [6, 6.07) is 17.6. The highest BCUT2D eigenvalue weighted by Gasteiger charge is 2.17. The number of nitrogens with one attached hydrogen (secondary N) is 1. The van der Waals surface area contributed by atoms with Gasteiger partial charge >= 0.3 is 0 Å². The van der Waals surface area contributed by atoms with Crippen LogP contribution in [0.5, 0.6) is 11.5 Å². The average Bonchev–Trinajstić information content (AvgIpc) is 3.27. The number of aromatic nitrogens is 4. The molecular formula is C18H12N4O2S. The van der Waals surface area contributed by atoms with E-state index in [4.69, 9.17) is 26.7 Å². The van der Waals surface area contributed by atoms with Crippen molar-refractivity contribution in [3.8, 4) is 28.7 Å². The molecule has 2 aromatic carbocycles. The molecule has 6 nitrogen and oxygen atoms in total. The van der Waals surface area contributed by atoms with Crippen LogP contribution < -0.4 is 9.47 Å². The molecule has 0 amide bonds. The predicted molar refractivity (Wildman–Crippen MR) is 95.6 cm³/mol. The molecule has 0 saturated carbocycles. The van der Waals surface area contributed by atoms with Gasteiger partial charge in [-0.25, -0.2) is 4.98 Å². The van der Waals surface area contributed by atoms with Gasteiger partial charge in [0, 0.05) is 11.5 Å². The van der Waals surface area contributed by atoms with Gasteiger partial charge in [-0.15, -0.1) is 0 Å². The molecule has 25 heavy (non-hydrogen) atoms. The number of hydrogen-bond donors (Lipinski definition) is 1. The van der Waals surface area contributed by atoms with Gasteiger partial charge in [-0.2, -0.15) is 5.10 Å². The summed E-state index contributed by atoms with van der Waals surface area (Å²) in [6.07, 6.45) is 0. The molecule has 1 aliphatic heterocycles. The topological polar surface area (TPSA) is 65.0 Å². The molecule has 0 atom stereocenters. The molecule has 2 aromatic heterocycles. The van der Waals surface area contributed by atoms with Crippen molar-refractivity contribution in [1.29, 1.82) is 0 Å². The van der Waals surface area contributed by atoms with E-state index in [1.165, 1.54) is 0 Å². The molecule has 0 fully saturated rings. The number of rotatable bonds is 2. The van der Waals surface area contributed by atoms with Crippen LogP contribution >= 0.6 is 12.2 Å². The number of hydrogen-bond acceptors (Lipinski definition) is 5. The van der Waals surface area contributed by atoms with E-state index >= 15 is 0 Å². The number of benzene rings is 2. The van der Waals surface area contributed by atoms with Crippen molar-refractivity contribution in [2.24, 2.45) is 0 Å². The molecule has 5 rings (SSSR count). The van der Waals surface area contributed by atoms with E-state index in [2.05, 4.69) is 10.2 Å². The minimum Gasteiger partial charge on any atom is -0.454 e. The summed E-state index contributed by atoms with van der Waals surface area (Å²) in [7, 11) is 0. The smallest absolute Gasteiger partial charge is 0.231 e. The first kappa shape index (κ1) is 14.2. The number of pyridine rings is 1. The normalized spacial score (nSPS) is 12.6. The molecule has 0 unspecified atom stereocenters. The van der Waals surface area contributed by atoms with Gasteiger partial charge in [-0.05, 0) is 36.5 Å². The molecule has 0 aliphatic carbocycles. The van der Waals surface area contributed by atoms with E-state index in [1.54, 1.807) is 0 Å². The fourth-order valence-corrected chi connectivity index (χ4v) is 3.16. The second kappa shape index (κ2) is 5.42. The standard InChI is InChI=1S/C18H12N4O2S/c25-18-21-20-17(14-7-5-11-3-1-2-4-13(11)19-14)22(18)12-6-8-15-16(9-12)24-10-23-15/h1-9H,10H2,(H,21,25). The minimum atomic E-state index is 0.231. The third-order valence-electron chi connectivity index (χ3n) is 4.11. The number of nitrogens with zero attached hydrogens (tertiary/aromatic N) is 3. The Morgan fingerprint density at radius 3 is 2.84 bits per heavy atom. The van der Waals surface area contributed by atoms with Gasteiger partial charge in [0.1, 0.15) is 5.69 Å². The van der Waals surface area contributed by atoms with Crippen LogP contribution in [-0.4, -0.2) is 26.5 Å². The zero-order valence-electron chi connectivity index (χ0n) is 13.0. The van der Waals surface area contributed by atoms with Crippen molar-refractivity contribution in [3.63, 3.8) is 0 Å². The number of aromatic amines is 1. The number of H-pyrrole nitrogens is 1. The maximum Gasteiger partial charge on any atom is 0.231 e. The summed E-state index contributed by atoms with van der Waals surface area (Å²) in [6.45, 7) is 0.231. The van der Waals surface area contributed by atoms with Gasteiger partial charge in [0.2, 0.25) is 6.79 Å². The van der Waals surface area contributed by atoms with Crippen LogP contribution in [0.1, 0.15) is 0 Å². The highest BCUT2D eigenvalue weighted by molar-refractivity contribution is 7.71. The minimum absolute atomic E-state index is 0.231. The summed E-state index contributed by atoms with van der Waals surface area (Å²) in [5, 5.41) is 8.31. The van der Waals surface area contributed by atoms with Gasteiger partial charge in [0.15, 0.2) is 22.1 Å². The second-order valence-corrected chi connectivity index (χ2v) is 6.00. The first-order chi connectivity index (χ1) is 12.3. The molecule has 0 spiro atoms. The largest absolute Gasteiger partial charge is 0.454 e. The second-order valence-electron chi connectivity index (χ2n) is 5.61. The third-order valence-corrected chi connectivity index (χ3v) is 4.39. The van der Waals surface area contributed by atoms with Crippen LogP contribution in [0.2, 0.25) is 0 Å². The summed E-state index contributed by atoms with van der Waals surface area (Å²) in [5.74, 6) is 2.07. The van der Waals surface area contributed by atoms with Gasteiger partial charge < -0.3 is 9.47 Å². The molecule has 0 radical (unpaired) electrons. The summed E-state index contributed by atoms with van der Waals surface area (Å²) >= 11 is 5.42. The summed E-state index contributed by atoms with van der Waals surface area (Å²) in [4.78, 5) is 4.71. The molecule has 0 saturated heterocycles. The first-order valence-corrected chi connectivity index (χ1v) is 8.14. The molecule has 3 heterocycles. The van der Waals surface area contributed by atoms with E-state index in [0.29, 0.717) is 16.3 Å². The van der Waals surface area contributed by atoms with Crippen LogP contribution in [0, 0.1) is 4.77 Å². The van der Waals surface area contributed by atoms with Crippen molar-refractivity contribution >= 4 is 23.1 Å². The van der Waals surface area contributed by atoms with Crippen LogP contribution in [0.4, 0.5) is 0 Å². The monoisotopic (exact) mass is 348 g/mol. The van der Waals surface area contributed by atoms with Gasteiger partial charge in [-0.1, -0.05) is 24.3 Å². The fourth-order valence-electron chi connectivity index (χ4n) is 2.92. The van der Waals surface area contributed by atoms with Crippen molar-refractivity contribution < 1.29 is 9.47 Å². The highest BCUT2D eigenvalue weighted by atomic mass is 32.1. The van der Waals surface area contributed by atoms with E-state index in [-0.39, 0.29) is 6.79 Å². The Morgan fingerprint density at radius 2 is 1.88 bits per heavy atom. The van der Waals surface area contributed by atoms with E-state index in [1.807, 2.05) is 59.2 Å². The average molecular weight is 348 g/mol. The molecule has 122 valence electrons. The fraction of sp³-hybridized carbons (Fsp3) is 0.0556. The highest BCUT2D eigenvalue weighted by Crippen LogP contribution is 2.34. The first-order valence-electron chi connectivity index (χ1n) is 7.73. The van der Waals surface area contributed by atoms with E-state index < -0.39 is 0 Å². The van der Waals surface area contributed by atoms with Crippen LogP contribution in [0.25, 0.3) is 28.1 Å². The van der Waals surface area contributed by atoms with Crippen LogP contribution in [-0.2, 0) is 0 Å². The quantitative estimate of drug-likeness (QED) is 0.557. The predicted octanol–water partition coefficient (Wildman–Crippen LogP) is 3.87. The molecule has 4 aromatic rings. The molecule has 0 bridgehead atoms. The van der Waals surface area contributed by atoms with Crippen molar-refractivity contribution in [3.05, 3.63) is 59.4 Å². The zero-order chi connectivity index (χ0) is 16.8. The molecule has 1 N–H and O–H groups in total. The Kier molecular flexibility index (Phi) is 3.07. The molecular weight excluding hydrogens is 336 g/mol. The van der Waals surface area contributed by atoms with Crippen LogP contribution in [0.3, 0.4) is 0 Å². The SMILES string of the molecule is S=c1[nH]nc(-c2ccc3ccccc3n2)n1-c1ccc2c(c1)OCO2. The van der Waals surface area contributed by atoms with Crippen molar-refractivity contribution in [2.75, 3.05) is 6.79 Å². The van der Waals surface area contributed by atoms with Crippen molar-refractivity contribution in [2.45, 2.75) is 0 Å². The molecule has 7 heteroatoms. The Balaban J connectivity index is 1.69. The molecule has 1 aliphatic rings. The Morgan fingerprint density at radius 1 is 1.00 bits per heavy atom. The lowest BCUT2D eigenvalue weighted by atomic mass is 10.2. The van der Waals surface area contributed by atoms with Crippen molar-refractivity contribution in [1.82, 2.24) is 19.7 Å². The summed E-state index contributed by atoms with van der Waals surface area (Å²) in [5.41, 5.74) is 2.49. The lowest BCUT2D eigenvalue weighted by molar-refractivity contribution is 0.174. The Labute approximate surface area is 147 Å². The Bertz CT molecular complexity index is 1170. The van der Waals surface area contributed by atoms with Crippen LogP contribution in [0.15, 0.2) is 54.6 Å². The zero-order valence-corrected chi connectivity index (χ0v) is 13.8. The van der Waals surface area contributed by atoms with E-state index in [0.717, 1.165) is 28.0 Å². The van der Waals surface area contributed by atoms with Gasteiger partial charge in [-0.3, -0.25) is 9.67 Å². The lowest BCUT2D eigenvalue weighted by Gasteiger charge is -2.08. The van der Waals surface area contributed by atoms with Gasteiger partial charge in [0.25, 0.3) is 0 Å². The number of ether oxygens (including phenoxy) is 2. The number of fused-ring (bicyclic) bond motifs is 2. The Hall–Kier alpha value is -3.19. The van der Waals surface area contributed by atoms with Gasteiger partial charge in [0.05, 0.1) is 11.2 Å².